The minimum Gasteiger partial charge on any atom is -0.349 e. The molecule has 162 valence electrons. The van der Waals surface area contributed by atoms with Gasteiger partial charge in [-0.3, -0.25) is 14.4 Å². The Morgan fingerprint density at radius 3 is 2.42 bits per heavy atom. The summed E-state index contributed by atoms with van der Waals surface area (Å²) in [7, 11) is 0. The highest BCUT2D eigenvalue weighted by molar-refractivity contribution is 6.35. The van der Waals surface area contributed by atoms with E-state index in [0.29, 0.717) is 21.3 Å². The fourth-order valence-corrected chi connectivity index (χ4v) is 5.00. The van der Waals surface area contributed by atoms with Gasteiger partial charge in [0.15, 0.2) is 0 Å². The Kier molecular flexibility index (Phi) is 6.49. The van der Waals surface area contributed by atoms with Crippen molar-refractivity contribution < 1.29 is 14.4 Å². The number of nitrogens with zero attached hydrogens (tertiary/aromatic N) is 1. The maximum absolute atomic E-state index is 13.4. The number of hydrogen-bond acceptors (Lipinski definition) is 3. The van der Waals surface area contributed by atoms with Crippen LogP contribution in [0.2, 0.25) is 10.0 Å². The number of fused-ring (bicyclic) bond motifs is 1. The van der Waals surface area contributed by atoms with Crippen molar-refractivity contribution in [3.8, 4) is 0 Å². The van der Waals surface area contributed by atoms with Crippen molar-refractivity contribution in [2.75, 3.05) is 5.32 Å². The van der Waals surface area contributed by atoms with Crippen LogP contribution in [0.3, 0.4) is 0 Å². The number of carbonyl (C=O) groups is 3. The van der Waals surface area contributed by atoms with E-state index in [-0.39, 0.29) is 30.3 Å². The van der Waals surface area contributed by atoms with Crippen LogP contribution in [0.4, 0.5) is 5.69 Å². The Hall–Kier alpha value is -2.57. The van der Waals surface area contributed by atoms with Gasteiger partial charge in [-0.2, -0.15) is 0 Å². The fourth-order valence-electron chi connectivity index (χ4n) is 4.48. The smallest absolute Gasteiger partial charge is 0.254 e. The van der Waals surface area contributed by atoms with Gasteiger partial charge in [-0.05, 0) is 43.2 Å². The Morgan fingerprint density at radius 2 is 1.71 bits per heavy atom. The molecule has 6 nitrogen and oxygen atoms in total. The number of nitrogens with one attached hydrogen (secondary N) is 2. The number of anilines is 1. The molecule has 0 aromatic heterocycles. The number of carbonyl (C=O) groups excluding carboxylic acids is 3. The van der Waals surface area contributed by atoms with Gasteiger partial charge in [0.2, 0.25) is 11.8 Å². The van der Waals surface area contributed by atoms with E-state index >= 15 is 0 Å². The molecule has 3 atom stereocenters. The van der Waals surface area contributed by atoms with Gasteiger partial charge in [0, 0.05) is 27.3 Å². The summed E-state index contributed by atoms with van der Waals surface area (Å²) in [5.41, 5.74) is 0.948. The highest BCUT2D eigenvalue weighted by atomic mass is 35.5. The van der Waals surface area contributed by atoms with E-state index in [0.717, 1.165) is 25.7 Å². The number of hydrogen-bond donors (Lipinski definition) is 2. The van der Waals surface area contributed by atoms with Crippen molar-refractivity contribution in [1.82, 2.24) is 10.2 Å². The third kappa shape index (κ3) is 4.86. The largest absolute Gasteiger partial charge is 0.349 e. The summed E-state index contributed by atoms with van der Waals surface area (Å²) in [5, 5.41) is 6.56. The molecule has 31 heavy (non-hydrogen) atoms. The maximum atomic E-state index is 13.4. The van der Waals surface area contributed by atoms with E-state index in [9.17, 15) is 14.4 Å². The lowest BCUT2D eigenvalue weighted by Gasteiger charge is -2.48. The predicted octanol–water partition coefficient (Wildman–Crippen LogP) is 4.27. The lowest BCUT2D eigenvalue weighted by molar-refractivity contribution is -0.135. The van der Waals surface area contributed by atoms with Crippen LogP contribution in [-0.4, -0.2) is 40.7 Å². The van der Waals surface area contributed by atoms with Crippen LogP contribution in [0.1, 0.15) is 42.5 Å². The molecule has 0 bridgehead atoms. The first-order valence-electron chi connectivity index (χ1n) is 10.4. The lowest BCUT2D eigenvalue weighted by Crippen LogP contribution is -2.68. The molecule has 0 unspecified atom stereocenters. The average molecular weight is 460 g/mol. The number of benzene rings is 2. The van der Waals surface area contributed by atoms with Gasteiger partial charge in [0.25, 0.3) is 5.91 Å². The van der Waals surface area contributed by atoms with E-state index in [1.165, 1.54) is 0 Å². The molecular formula is C23H23Cl2N3O3. The minimum absolute atomic E-state index is 0.0834. The average Bonchev–Trinajstić information content (AvgIpc) is 2.73. The molecule has 2 fully saturated rings. The van der Waals surface area contributed by atoms with Gasteiger partial charge >= 0.3 is 0 Å². The standard InChI is InChI=1S/C23H23Cl2N3O3/c24-15-10-16(25)12-17(11-15)26-21(29)13-20-22(30)27-18-8-4-5-9-19(18)28(20)23(31)14-6-2-1-3-7-14/h1-3,6-7,10-12,18-20H,4-5,8-9,13H2,(H,26,29)(H,27,30)/t18-,19+,20-/m0/s1. The van der Waals surface area contributed by atoms with Crippen molar-refractivity contribution in [2.24, 2.45) is 0 Å². The molecule has 2 aromatic carbocycles. The lowest BCUT2D eigenvalue weighted by atomic mass is 9.84. The Morgan fingerprint density at radius 1 is 1.03 bits per heavy atom. The van der Waals surface area contributed by atoms with Crippen LogP contribution >= 0.6 is 23.2 Å². The fraction of sp³-hybridized carbons (Fsp3) is 0.348. The molecule has 8 heteroatoms. The zero-order valence-electron chi connectivity index (χ0n) is 16.8. The van der Waals surface area contributed by atoms with Crippen molar-refractivity contribution in [2.45, 2.75) is 50.2 Å². The normalized spacial score (nSPS) is 23.0. The number of amides is 3. The Labute approximate surface area is 190 Å². The molecule has 3 amide bonds. The summed E-state index contributed by atoms with van der Waals surface area (Å²) in [6.45, 7) is 0. The maximum Gasteiger partial charge on any atom is 0.254 e. The van der Waals surface area contributed by atoms with Crippen LogP contribution in [0.5, 0.6) is 0 Å². The predicted molar refractivity (Wildman–Crippen MR) is 120 cm³/mol. The highest BCUT2D eigenvalue weighted by Gasteiger charge is 2.46. The van der Waals surface area contributed by atoms with Crippen molar-refractivity contribution in [1.29, 1.82) is 0 Å². The highest BCUT2D eigenvalue weighted by Crippen LogP contribution is 2.31. The second-order valence-electron chi connectivity index (χ2n) is 7.97. The number of piperazine rings is 1. The summed E-state index contributed by atoms with van der Waals surface area (Å²) in [6.07, 6.45) is 3.46. The zero-order chi connectivity index (χ0) is 22.0. The molecular weight excluding hydrogens is 437 g/mol. The van der Waals surface area contributed by atoms with E-state index in [1.807, 2.05) is 6.07 Å². The Bertz CT molecular complexity index is 979. The second-order valence-corrected chi connectivity index (χ2v) is 8.84. The molecule has 0 spiro atoms. The Balaban J connectivity index is 1.59. The molecule has 0 radical (unpaired) electrons. The molecule has 1 saturated carbocycles. The second kappa shape index (κ2) is 9.28. The summed E-state index contributed by atoms with van der Waals surface area (Å²) in [4.78, 5) is 40.8. The first kappa shape index (κ1) is 21.7. The van der Waals surface area contributed by atoms with Crippen LogP contribution in [-0.2, 0) is 9.59 Å². The van der Waals surface area contributed by atoms with E-state index in [4.69, 9.17) is 23.2 Å². The van der Waals surface area contributed by atoms with Gasteiger partial charge in [-0.15, -0.1) is 0 Å². The van der Waals surface area contributed by atoms with E-state index < -0.39 is 11.9 Å². The van der Waals surface area contributed by atoms with E-state index in [2.05, 4.69) is 10.6 Å². The topological polar surface area (TPSA) is 78.5 Å². The quantitative estimate of drug-likeness (QED) is 0.715. The zero-order valence-corrected chi connectivity index (χ0v) is 18.3. The third-order valence-corrected chi connectivity index (χ3v) is 6.27. The first-order valence-corrected chi connectivity index (χ1v) is 11.1. The van der Waals surface area contributed by atoms with Gasteiger partial charge in [0.1, 0.15) is 6.04 Å². The van der Waals surface area contributed by atoms with Gasteiger partial charge in [-0.25, -0.2) is 0 Å². The van der Waals surface area contributed by atoms with E-state index in [1.54, 1.807) is 47.4 Å². The monoisotopic (exact) mass is 459 g/mol. The van der Waals surface area contributed by atoms with Crippen LogP contribution in [0, 0.1) is 0 Å². The minimum atomic E-state index is -0.887. The SMILES string of the molecule is O=C(C[C@H]1C(=O)N[C@H]2CCCC[C@H]2N1C(=O)c1ccccc1)Nc1cc(Cl)cc(Cl)c1. The summed E-state index contributed by atoms with van der Waals surface area (Å²) >= 11 is 12.0. The molecule has 1 aliphatic heterocycles. The van der Waals surface area contributed by atoms with Crippen molar-refractivity contribution in [3.63, 3.8) is 0 Å². The summed E-state index contributed by atoms with van der Waals surface area (Å²) < 4.78 is 0. The van der Waals surface area contributed by atoms with Crippen molar-refractivity contribution >= 4 is 46.6 Å². The molecule has 2 aromatic rings. The van der Waals surface area contributed by atoms with Gasteiger partial charge < -0.3 is 15.5 Å². The molecule has 2 aliphatic rings. The summed E-state index contributed by atoms with van der Waals surface area (Å²) in [5.74, 6) is -0.915. The number of rotatable bonds is 4. The molecule has 2 N–H and O–H groups in total. The molecule has 1 aliphatic carbocycles. The number of halogens is 2. The summed E-state index contributed by atoms with van der Waals surface area (Å²) in [6, 6.07) is 12.5. The van der Waals surface area contributed by atoms with Crippen LogP contribution in [0.25, 0.3) is 0 Å². The van der Waals surface area contributed by atoms with Gasteiger partial charge in [-0.1, -0.05) is 54.2 Å². The van der Waals surface area contributed by atoms with Crippen molar-refractivity contribution in [3.05, 3.63) is 64.1 Å². The molecule has 4 rings (SSSR count). The molecule has 1 saturated heterocycles. The van der Waals surface area contributed by atoms with Crippen LogP contribution < -0.4 is 10.6 Å². The third-order valence-electron chi connectivity index (χ3n) is 5.83. The van der Waals surface area contributed by atoms with Gasteiger partial charge in [0.05, 0.1) is 12.5 Å². The first-order chi connectivity index (χ1) is 14.9. The molecule has 1 heterocycles. The van der Waals surface area contributed by atoms with Crippen LogP contribution in [0.15, 0.2) is 48.5 Å².